The molecule has 144 valence electrons. The lowest BCUT2D eigenvalue weighted by atomic mass is 9.70. The van der Waals surface area contributed by atoms with Crippen molar-refractivity contribution in [3.8, 4) is 0 Å². The first-order valence-electron chi connectivity index (χ1n) is 9.40. The van der Waals surface area contributed by atoms with Gasteiger partial charge in [0.05, 0.1) is 5.92 Å². The Morgan fingerprint density at radius 1 is 1.08 bits per heavy atom. The van der Waals surface area contributed by atoms with E-state index in [2.05, 4.69) is 26.1 Å². The van der Waals surface area contributed by atoms with Crippen LogP contribution in [0.4, 0.5) is 11.4 Å². The van der Waals surface area contributed by atoms with E-state index in [1.54, 1.807) is 0 Å². The van der Waals surface area contributed by atoms with E-state index in [9.17, 15) is 9.59 Å². The number of benzene rings is 1. The van der Waals surface area contributed by atoms with Crippen molar-refractivity contribution < 1.29 is 14.3 Å². The van der Waals surface area contributed by atoms with Gasteiger partial charge in [-0.2, -0.15) is 0 Å². The number of amides is 1. The van der Waals surface area contributed by atoms with Gasteiger partial charge in [-0.1, -0.05) is 20.8 Å². The number of ether oxygens (including phenoxy) is 1. The van der Waals surface area contributed by atoms with Crippen LogP contribution in [0.5, 0.6) is 0 Å². The van der Waals surface area contributed by atoms with Gasteiger partial charge in [-0.3, -0.25) is 9.59 Å². The summed E-state index contributed by atoms with van der Waals surface area (Å²) in [5, 5.41) is 2.76. The van der Waals surface area contributed by atoms with Gasteiger partial charge in [0, 0.05) is 25.5 Å². The van der Waals surface area contributed by atoms with Crippen LogP contribution < -0.4 is 10.2 Å². The molecule has 0 heterocycles. The molecule has 0 bridgehead atoms. The molecule has 0 spiro atoms. The van der Waals surface area contributed by atoms with Gasteiger partial charge in [-0.25, -0.2) is 0 Å². The molecule has 1 aliphatic rings. The number of rotatable bonds is 5. The van der Waals surface area contributed by atoms with Gasteiger partial charge in [0.2, 0.25) is 0 Å². The van der Waals surface area contributed by atoms with Gasteiger partial charge in [0.1, 0.15) is 0 Å². The average Bonchev–Trinajstić information content (AvgIpc) is 2.59. The van der Waals surface area contributed by atoms with Crippen LogP contribution in [0.2, 0.25) is 0 Å². The smallest absolute Gasteiger partial charge is 0.309 e. The summed E-state index contributed by atoms with van der Waals surface area (Å²) in [6.07, 6.45) is 3.81. The van der Waals surface area contributed by atoms with Crippen LogP contribution in [-0.2, 0) is 14.3 Å². The summed E-state index contributed by atoms with van der Waals surface area (Å²) in [4.78, 5) is 26.2. The number of hydrogen-bond acceptors (Lipinski definition) is 4. The fourth-order valence-electron chi connectivity index (χ4n) is 3.49. The second kappa shape index (κ2) is 8.56. The molecule has 0 aliphatic heterocycles. The Hall–Kier alpha value is -2.04. The second-order valence-electron chi connectivity index (χ2n) is 8.51. The zero-order valence-corrected chi connectivity index (χ0v) is 16.7. The molecule has 26 heavy (non-hydrogen) atoms. The van der Waals surface area contributed by atoms with E-state index < -0.39 is 0 Å². The summed E-state index contributed by atoms with van der Waals surface area (Å²) in [5.41, 5.74) is 2.04. The van der Waals surface area contributed by atoms with Crippen molar-refractivity contribution in [2.45, 2.75) is 46.5 Å². The lowest BCUT2D eigenvalue weighted by Crippen LogP contribution is -2.31. The van der Waals surface area contributed by atoms with Crippen LogP contribution in [0.15, 0.2) is 24.3 Å². The Morgan fingerprint density at radius 3 is 2.15 bits per heavy atom. The van der Waals surface area contributed by atoms with E-state index >= 15 is 0 Å². The average molecular weight is 360 g/mol. The molecule has 1 aliphatic carbocycles. The van der Waals surface area contributed by atoms with E-state index in [1.807, 2.05) is 43.3 Å². The summed E-state index contributed by atoms with van der Waals surface area (Å²) >= 11 is 0. The third-order valence-corrected chi connectivity index (χ3v) is 5.30. The maximum atomic E-state index is 12.2. The minimum Gasteiger partial charge on any atom is -0.455 e. The summed E-state index contributed by atoms with van der Waals surface area (Å²) < 4.78 is 5.24. The number of esters is 1. The highest BCUT2D eigenvalue weighted by atomic mass is 16.5. The Morgan fingerprint density at radius 2 is 1.65 bits per heavy atom. The summed E-state index contributed by atoms with van der Waals surface area (Å²) in [7, 11) is 3.92. The third-order valence-electron chi connectivity index (χ3n) is 5.30. The minimum absolute atomic E-state index is 0.0687. The van der Waals surface area contributed by atoms with E-state index in [0.717, 1.165) is 31.4 Å². The highest BCUT2D eigenvalue weighted by molar-refractivity contribution is 5.93. The molecular weight excluding hydrogens is 328 g/mol. The fraction of sp³-hybridized carbons (Fsp3) is 0.619. The second-order valence-corrected chi connectivity index (χ2v) is 8.51. The first kappa shape index (κ1) is 20.3. The largest absolute Gasteiger partial charge is 0.455 e. The molecule has 0 aromatic heterocycles. The monoisotopic (exact) mass is 360 g/mol. The van der Waals surface area contributed by atoms with Crippen molar-refractivity contribution in [2.75, 3.05) is 30.9 Å². The topological polar surface area (TPSA) is 58.6 Å². The molecule has 0 unspecified atom stereocenters. The highest BCUT2D eigenvalue weighted by Gasteiger charge is 2.33. The minimum atomic E-state index is -0.306. The Labute approximate surface area is 157 Å². The maximum Gasteiger partial charge on any atom is 0.309 e. The molecule has 1 aromatic carbocycles. The molecule has 0 radical (unpaired) electrons. The molecular formula is C21H32N2O3. The normalized spacial score (nSPS) is 20.3. The number of carbonyl (C=O) groups is 2. The SMILES string of the molecule is CN(C)c1ccc(NC(=O)COC(=O)C2CCC(C(C)(C)C)CC2)cc1. The fourth-order valence-corrected chi connectivity index (χ4v) is 3.49. The van der Waals surface area contributed by atoms with Gasteiger partial charge in [0.25, 0.3) is 5.91 Å². The molecule has 0 saturated heterocycles. The third kappa shape index (κ3) is 5.75. The molecule has 1 saturated carbocycles. The lowest BCUT2D eigenvalue weighted by Gasteiger charge is -2.36. The van der Waals surface area contributed by atoms with E-state index in [0.29, 0.717) is 11.6 Å². The molecule has 5 heteroatoms. The van der Waals surface area contributed by atoms with Crippen LogP contribution in [0.25, 0.3) is 0 Å². The van der Waals surface area contributed by atoms with Gasteiger partial charge in [-0.05, 0) is 61.3 Å². The van der Waals surface area contributed by atoms with Crippen molar-refractivity contribution in [3.63, 3.8) is 0 Å². The summed E-state index contributed by atoms with van der Waals surface area (Å²) in [6.45, 7) is 6.54. The van der Waals surface area contributed by atoms with Crippen molar-refractivity contribution in [2.24, 2.45) is 17.3 Å². The van der Waals surface area contributed by atoms with Crippen molar-refractivity contribution in [1.29, 1.82) is 0 Å². The number of nitrogens with one attached hydrogen (secondary N) is 1. The van der Waals surface area contributed by atoms with Gasteiger partial charge >= 0.3 is 5.97 Å². The lowest BCUT2D eigenvalue weighted by molar-refractivity contribution is -0.153. The van der Waals surface area contributed by atoms with Gasteiger partial charge in [0.15, 0.2) is 6.61 Å². The predicted octanol–water partition coefficient (Wildman–Crippen LogP) is 4.09. The molecule has 2 rings (SSSR count). The summed E-state index contributed by atoms with van der Waals surface area (Å²) in [5.74, 6) is 0.0376. The van der Waals surface area contributed by atoms with E-state index in [1.165, 1.54) is 0 Å². The molecule has 1 amide bonds. The first-order chi connectivity index (χ1) is 12.2. The van der Waals surface area contributed by atoms with E-state index in [4.69, 9.17) is 4.74 Å². The van der Waals surface area contributed by atoms with Crippen molar-refractivity contribution in [1.82, 2.24) is 0 Å². The van der Waals surface area contributed by atoms with Crippen LogP contribution in [0.1, 0.15) is 46.5 Å². The van der Waals surface area contributed by atoms with Crippen LogP contribution in [0, 0.1) is 17.3 Å². The van der Waals surface area contributed by atoms with Crippen molar-refractivity contribution >= 4 is 23.3 Å². The van der Waals surface area contributed by atoms with Crippen LogP contribution in [-0.4, -0.2) is 32.6 Å². The zero-order chi connectivity index (χ0) is 19.3. The van der Waals surface area contributed by atoms with Crippen molar-refractivity contribution in [3.05, 3.63) is 24.3 Å². The predicted molar refractivity (Wildman–Crippen MR) is 105 cm³/mol. The molecule has 1 aromatic rings. The molecule has 5 nitrogen and oxygen atoms in total. The first-order valence-corrected chi connectivity index (χ1v) is 9.40. The standard InChI is InChI=1S/C21H32N2O3/c1-21(2,3)16-8-6-15(7-9-16)20(25)26-14-19(24)22-17-10-12-18(13-11-17)23(4)5/h10-13,15-16H,6-9,14H2,1-5H3,(H,22,24). The number of carbonyl (C=O) groups excluding carboxylic acids is 2. The van der Waals surface area contributed by atoms with Gasteiger partial charge < -0.3 is 15.0 Å². The van der Waals surface area contributed by atoms with E-state index in [-0.39, 0.29) is 29.8 Å². The summed E-state index contributed by atoms with van der Waals surface area (Å²) in [6, 6.07) is 7.52. The zero-order valence-electron chi connectivity index (χ0n) is 16.7. The molecule has 1 fully saturated rings. The number of anilines is 2. The Balaban J connectivity index is 1.74. The van der Waals surface area contributed by atoms with Crippen LogP contribution in [0.3, 0.4) is 0 Å². The number of nitrogens with zero attached hydrogens (tertiary/aromatic N) is 1. The Bertz CT molecular complexity index is 609. The molecule has 0 atom stereocenters. The highest BCUT2D eigenvalue weighted by Crippen LogP contribution is 2.40. The van der Waals surface area contributed by atoms with Gasteiger partial charge in [-0.15, -0.1) is 0 Å². The Kier molecular flexibility index (Phi) is 6.68. The maximum absolute atomic E-state index is 12.2. The quantitative estimate of drug-likeness (QED) is 0.804. The molecule has 1 N–H and O–H groups in total. The number of hydrogen-bond donors (Lipinski definition) is 1. The van der Waals surface area contributed by atoms with Crippen LogP contribution >= 0.6 is 0 Å².